The van der Waals surface area contributed by atoms with Crippen molar-refractivity contribution in [3.05, 3.63) is 45.6 Å². The summed E-state index contributed by atoms with van der Waals surface area (Å²) in [6, 6.07) is 10.4. The molecule has 0 saturated carbocycles. The number of allylic oxidation sites excluding steroid dienone is 2. The Balaban J connectivity index is 2.29. The van der Waals surface area contributed by atoms with Crippen molar-refractivity contribution in [2.24, 2.45) is 0 Å². The summed E-state index contributed by atoms with van der Waals surface area (Å²) >= 11 is 2.10. The van der Waals surface area contributed by atoms with Crippen LogP contribution >= 0.6 is 22.6 Å². The van der Waals surface area contributed by atoms with Gasteiger partial charge in [-0.3, -0.25) is 4.79 Å². The van der Waals surface area contributed by atoms with E-state index in [0.717, 1.165) is 22.8 Å². The highest BCUT2D eigenvalue weighted by molar-refractivity contribution is 14.1. The number of unbranched alkanes of at least 4 members (excludes halogenated alkanes) is 1. The summed E-state index contributed by atoms with van der Waals surface area (Å²) in [4.78, 5) is 10.9. The first-order chi connectivity index (χ1) is 7.20. The summed E-state index contributed by atoms with van der Waals surface area (Å²) < 4.78 is 0.848. The highest BCUT2D eigenvalue weighted by Gasteiger charge is 1.96. The van der Waals surface area contributed by atoms with E-state index in [4.69, 9.17) is 0 Å². The number of Topliss-reactive ketones (excluding diaryl/α,β-unsaturated/α-hetero) is 1. The summed E-state index contributed by atoms with van der Waals surface area (Å²) in [5.74, 6) is 0.162. The molecule has 0 saturated heterocycles. The van der Waals surface area contributed by atoms with Gasteiger partial charge in [-0.1, -0.05) is 36.4 Å². The lowest BCUT2D eigenvalue weighted by Crippen LogP contribution is -1.88. The maximum Gasteiger partial charge on any atom is 0.165 e. The second kappa shape index (κ2) is 6.77. The monoisotopic (exact) mass is 314 g/mol. The van der Waals surface area contributed by atoms with E-state index in [1.165, 1.54) is 5.56 Å². The van der Waals surface area contributed by atoms with Crippen molar-refractivity contribution in [2.75, 3.05) is 0 Å². The van der Waals surface area contributed by atoms with Gasteiger partial charge in [0, 0.05) is 0 Å². The van der Waals surface area contributed by atoms with Crippen LogP contribution in [0.2, 0.25) is 0 Å². The van der Waals surface area contributed by atoms with Gasteiger partial charge in [0.15, 0.2) is 5.78 Å². The molecule has 0 aliphatic heterocycles. The second-order valence-corrected chi connectivity index (χ2v) is 4.65. The van der Waals surface area contributed by atoms with E-state index in [2.05, 4.69) is 46.9 Å². The first-order valence-electron chi connectivity index (χ1n) is 5.10. The molecule has 15 heavy (non-hydrogen) atoms. The Morgan fingerprint density at radius 3 is 2.60 bits per heavy atom. The minimum atomic E-state index is 0.162. The first kappa shape index (κ1) is 12.4. The average Bonchev–Trinajstić information content (AvgIpc) is 2.25. The number of carbonyl (C=O) groups is 1. The molecule has 0 heterocycles. The van der Waals surface area contributed by atoms with Gasteiger partial charge in [0.25, 0.3) is 0 Å². The van der Waals surface area contributed by atoms with E-state index in [-0.39, 0.29) is 5.78 Å². The van der Waals surface area contributed by atoms with E-state index in [1.807, 2.05) is 12.1 Å². The molecule has 0 radical (unpaired) electrons. The Morgan fingerprint density at radius 1 is 1.33 bits per heavy atom. The quantitative estimate of drug-likeness (QED) is 0.457. The SMILES string of the molecule is CC(=O)C(I)=CCCCc1ccccc1. The fraction of sp³-hybridized carbons (Fsp3) is 0.308. The minimum Gasteiger partial charge on any atom is -0.294 e. The zero-order chi connectivity index (χ0) is 11.1. The number of rotatable bonds is 5. The Kier molecular flexibility index (Phi) is 5.61. The predicted octanol–water partition coefficient (Wildman–Crippen LogP) is 3.92. The lowest BCUT2D eigenvalue weighted by molar-refractivity contribution is -0.112. The number of ketones is 1. The van der Waals surface area contributed by atoms with Crippen LogP contribution in [0.1, 0.15) is 25.3 Å². The summed E-state index contributed by atoms with van der Waals surface area (Å²) in [7, 11) is 0. The number of hydrogen-bond acceptors (Lipinski definition) is 1. The third-order valence-corrected chi connectivity index (χ3v) is 3.37. The minimum absolute atomic E-state index is 0.162. The molecule has 0 aliphatic rings. The van der Waals surface area contributed by atoms with Gasteiger partial charge in [0.2, 0.25) is 0 Å². The van der Waals surface area contributed by atoms with Gasteiger partial charge in [-0.05, 0) is 54.3 Å². The lowest BCUT2D eigenvalue weighted by Gasteiger charge is -1.98. The first-order valence-corrected chi connectivity index (χ1v) is 6.18. The molecule has 1 aromatic rings. The van der Waals surface area contributed by atoms with Gasteiger partial charge in [-0.25, -0.2) is 0 Å². The van der Waals surface area contributed by atoms with Crippen molar-refractivity contribution in [3.63, 3.8) is 0 Å². The van der Waals surface area contributed by atoms with E-state index >= 15 is 0 Å². The van der Waals surface area contributed by atoms with Gasteiger partial charge in [-0.2, -0.15) is 0 Å². The maximum absolute atomic E-state index is 10.9. The van der Waals surface area contributed by atoms with Gasteiger partial charge in [-0.15, -0.1) is 0 Å². The zero-order valence-electron chi connectivity index (χ0n) is 8.87. The number of aryl methyl sites for hydroxylation is 1. The van der Waals surface area contributed by atoms with Crippen LogP contribution in [0.4, 0.5) is 0 Å². The van der Waals surface area contributed by atoms with E-state index in [0.29, 0.717) is 0 Å². The molecule has 80 valence electrons. The molecule has 0 aromatic heterocycles. The van der Waals surface area contributed by atoms with Crippen molar-refractivity contribution in [1.82, 2.24) is 0 Å². The molecule has 1 rings (SSSR count). The van der Waals surface area contributed by atoms with Gasteiger partial charge >= 0.3 is 0 Å². The Labute approximate surface area is 105 Å². The van der Waals surface area contributed by atoms with Crippen molar-refractivity contribution in [3.8, 4) is 0 Å². The fourth-order valence-corrected chi connectivity index (χ4v) is 1.63. The van der Waals surface area contributed by atoms with Crippen molar-refractivity contribution < 1.29 is 4.79 Å². The molecular weight excluding hydrogens is 299 g/mol. The Bertz CT molecular complexity index is 341. The van der Waals surface area contributed by atoms with E-state index in [1.54, 1.807) is 6.92 Å². The number of hydrogen-bond donors (Lipinski definition) is 0. The van der Waals surface area contributed by atoms with E-state index < -0.39 is 0 Å². The summed E-state index contributed by atoms with van der Waals surface area (Å²) in [6.07, 6.45) is 5.18. The third kappa shape index (κ3) is 5.11. The van der Waals surface area contributed by atoms with Crippen molar-refractivity contribution in [1.29, 1.82) is 0 Å². The van der Waals surface area contributed by atoms with Crippen LogP contribution in [0.15, 0.2) is 40.0 Å². The maximum atomic E-state index is 10.9. The molecule has 0 spiro atoms. The molecule has 1 aromatic carbocycles. The van der Waals surface area contributed by atoms with Crippen LogP contribution in [0.25, 0.3) is 0 Å². The van der Waals surface area contributed by atoms with Crippen LogP contribution < -0.4 is 0 Å². The van der Waals surface area contributed by atoms with Crippen LogP contribution in [-0.2, 0) is 11.2 Å². The van der Waals surface area contributed by atoms with Gasteiger partial charge in [0.05, 0.1) is 3.58 Å². The molecule has 0 bridgehead atoms. The smallest absolute Gasteiger partial charge is 0.165 e. The lowest BCUT2D eigenvalue weighted by atomic mass is 10.1. The van der Waals surface area contributed by atoms with Gasteiger partial charge < -0.3 is 0 Å². The van der Waals surface area contributed by atoms with Crippen molar-refractivity contribution >= 4 is 28.4 Å². The molecule has 1 nitrogen and oxygen atoms in total. The molecule has 0 aliphatic carbocycles. The standard InChI is InChI=1S/C13H15IO/c1-11(15)13(14)10-6-5-9-12-7-3-2-4-8-12/h2-4,7-8,10H,5-6,9H2,1H3. The summed E-state index contributed by atoms with van der Waals surface area (Å²) in [5, 5.41) is 0. The molecule has 0 atom stereocenters. The highest BCUT2D eigenvalue weighted by atomic mass is 127. The van der Waals surface area contributed by atoms with Crippen LogP contribution in [0.5, 0.6) is 0 Å². The normalized spacial score (nSPS) is 11.5. The third-order valence-electron chi connectivity index (χ3n) is 2.17. The largest absolute Gasteiger partial charge is 0.294 e. The molecule has 0 N–H and O–H groups in total. The number of halogens is 1. The number of benzene rings is 1. The highest BCUT2D eigenvalue weighted by Crippen LogP contribution is 2.11. The molecule has 0 amide bonds. The average molecular weight is 314 g/mol. The predicted molar refractivity (Wildman–Crippen MR) is 72.2 cm³/mol. The fourth-order valence-electron chi connectivity index (χ4n) is 1.32. The van der Waals surface area contributed by atoms with Crippen LogP contribution in [-0.4, -0.2) is 5.78 Å². The summed E-state index contributed by atoms with van der Waals surface area (Å²) in [6.45, 7) is 1.61. The zero-order valence-corrected chi connectivity index (χ0v) is 11.0. The Morgan fingerprint density at radius 2 is 2.00 bits per heavy atom. The van der Waals surface area contributed by atoms with Crippen LogP contribution in [0.3, 0.4) is 0 Å². The Hall–Kier alpha value is -0.640. The van der Waals surface area contributed by atoms with Crippen LogP contribution in [0, 0.1) is 0 Å². The van der Waals surface area contributed by atoms with Gasteiger partial charge in [0.1, 0.15) is 0 Å². The summed E-state index contributed by atoms with van der Waals surface area (Å²) in [5.41, 5.74) is 1.36. The molecule has 0 unspecified atom stereocenters. The second-order valence-electron chi connectivity index (χ2n) is 3.49. The molecule has 0 fully saturated rings. The van der Waals surface area contributed by atoms with Crippen molar-refractivity contribution in [2.45, 2.75) is 26.2 Å². The topological polar surface area (TPSA) is 17.1 Å². The molecular formula is C13H15IO. The number of carbonyl (C=O) groups excluding carboxylic acids is 1. The molecule has 2 heteroatoms. The van der Waals surface area contributed by atoms with E-state index in [9.17, 15) is 4.79 Å².